The maximum absolute atomic E-state index is 12.0. The van der Waals surface area contributed by atoms with Gasteiger partial charge >= 0.3 is 0 Å². The molecule has 1 saturated heterocycles. The van der Waals surface area contributed by atoms with Gasteiger partial charge in [-0.1, -0.05) is 0 Å². The third-order valence-electron chi connectivity index (χ3n) is 3.13. The molecule has 0 spiro atoms. The molecule has 1 amide bonds. The number of amides is 1. The number of unbranched alkanes of at least 4 members (excludes halogenated alkanes) is 1. The molecule has 1 aliphatic rings. The summed E-state index contributed by atoms with van der Waals surface area (Å²) in [6.07, 6.45) is 7.40. The monoisotopic (exact) mass is 244 g/mol. The largest absolute Gasteiger partial charge is 0.338 e. The van der Waals surface area contributed by atoms with E-state index in [1.165, 1.54) is 12.2 Å². The first kappa shape index (κ1) is 13.8. The third-order valence-corrected chi connectivity index (χ3v) is 3.82. The molecule has 3 nitrogen and oxygen atoms in total. The molecule has 1 rings (SSSR count). The Labute approximate surface area is 103 Å². The SMILES string of the molecule is CNCC1CCCN1C(=O)CCCCSC. The molecule has 0 saturated carbocycles. The molecule has 0 aliphatic carbocycles. The highest BCUT2D eigenvalue weighted by molar-refractivity contribution is 7.98. The lowest BCUT2D eigenvalue weighted by Gasteiger charge is -2.24. The average Bonchev–Trinajstić information content (AvgIpc) is 2.73. The lowest BCUT2D eigenvalue weighted by molar-refractivity contribution is -0.132. The van der Waals surface area contributed by atoms with Crippen LogP contribution in [0.3, 0.4) is 0 Å². The molecule has 94 valence electrons. The van der Waals surface area contributed by atoms with Crippen molar-refractivity contribution in [1.82, 2.24) is 10.2 Å². The minimum absolute atomic E-state index is 0.360. The summed E-state index contributed by atoms with van der Waals surface area (Å²) in [7, 11) is 1.96. The van der Waals surface area contributed by atoms with Gasteiger partial charge in [-0.3, -0.25) is 4.79 Å². The Morgan fingerprint density at radius 3 is 3.00 bits per heavy atom. The van der Waals surface area contributed by atoms with Gasteiger partial charge in [-0.2, -0.15) is 11.8 Å². The zero-order chi connectivity index (χ0) is 11.8. The molecule has 0 bridgehead atoms. The lowest BCUT2D eigenvalue weighted by Crippen LogP contribution is -2.40. The Morgan fingerprint density at radius 2 is 2.31 bits per heavy atom. The molecule has 1 N–H and O–H groups in total. The summed E-state index contributed by atoms with van der Waals surface area (Å²) in [5.74, 6) is 1.53. The van der Waals surface area contributed by atoms with Crippen LogP contribution in [0.4, 0.5) is 0 Å². The topological polar surface area (TPSA) is 32.3 Å². The van der Waals surface area contributed by atoms with Gasteiger partial charge in [0.1, 0.15) is 0 Å². The fourth-order valence-electron chi connectivity index (χ4n) is 2.28. The maximum Gasteiger partial charge on any atom is 0.222 e. The van der Waals surface area contributed by atoms with Gasteiger partial charge in [0.05, 0.1) is 0 Å². The number of rotatable bonds is 7. The molecule has 0 aromatic heterocycles. The quantitative estimate of drug-likeness (QED) is 0.692. The number of hydrogen-bond acceptors (Lipinski definition) is 3. The van der Waals surface area contributed by atoms with E-state index < -0.39 is 0 Å². The second-order valence-electron chi connectivity index (χ2n) is 4.39. The highest BCUT2D eigenvalue weighted by Crippen LogP contribution is 2.18. The molecule has 4 heteroatoms. The normalized spacial score (nSPS) is 20.4. The van der Waals surface area contributed by atoms with Crippen molar-refractivity contribution in [3.05, 3.63) is 0 Å². The average molecular weight is 244 g/mol. The van der Waals surface area contributed by atoms with Crippen LogP contribution in [0, 0.1) is 0 Å². The van der Waals surface area contributed by atoms with E-state index in [1.54, 1.807) is 0 Å². The smallest absolute Gasteiger partial charge is 0.222 e. The summed E-state index contributed by atoms with van der Waals surface area (Å²) in [6.45, 7) is 1.91. The molecule has 16 heavy (non-hydrogen) atoms. The first-order chi connectivity index (χ1) is 7.79. The summed E-state index contributed by atoms with van der Waals surface area (Å²) in [5, 5.41) is 3.17. The van der Waals surface area contributed by atoms with Crippen LogP contribution in [-0.2, 0) is 4.79 Å². The molecule has 1 unspecified atom stereocenters. The fourth-order valence-corrected chi connectivity index (χ4v) is 2.77. The standard InChI is InChI=1S/C12H24N2OS/c1-13-10-11-6-5-8-14(11)12(15)7-3-4-9-16-2/h11,13H,3-10H2,1-2H3. The summed E-state index contributed by atoms with van der Waals surface area (Å²) >= 11 is 1.86. The molecule has 1 fully saturated rings. The van der Waals surface area contributed by atoms with Crippen molar-refractivity contribution >= 4 is 17.7 Å². The van der Waals surface area contributed by atoms with E-state index in [-0.39, 0.29) is 0 Å². The molecule has 1 aliphatic heterocycles. The van der Waals surface area contributed by atoms with E-state index in [2.05, 4.69) is 16.5 Å². The van der Waals surface area contributed by atoms with Gasteiger partial charge in [-0.25, -0.2) is 0 Å². The number of carbonyl (C=O) groups is 1. The van der Waals surface area contributed by atoms with Gasteiger partial charge < -0.3 is 10.2 Å². The van der Waals surface area contributed by atoms with Crippen LogP contribution in [0.15, 0.2) is 0 Å². The van der Waals surface area contributed by atoms with E-state index in [9.17, 15) is 4.79 Å². The number of carbonyl (C=O) groups excluding carboxylic acids is 1. The molecule has 1 heterocycles. The summed E-state index contributed by atoms with van der Waals surface area (Å²) in [5.41, 5.74) is 0. The number of nitrogens with zero attached hydrogens (tertiary/aromatic N) is 1. The van der Waals surface area contributed by atoms with Crippen LogP contribution in [0.5, 0.6) is 0 Å². The van der Waals surface area contributed by atoms with E-state index in [0.717, 1.165) is 38.8 Å². The molecular weight excluding hydrogens is 220 g/mol. The Balaban J connectivity index is 2.23. The number of likely N-dealkylation sites (tertiary alicyclic amines) is 1. The van der Waals surface area contributed by atoms with Crippen LogP contribution in [0.25, 0.3) is 0 Å². The lowest BCUT2D eigenvalue weighted by atomic mass is 10.2. The zero-order valence-corrected chi connectivity index (χ0v) is 11.3. The van der Waals surface area contributed by atoms with Crippen LogP contribution >= 0.6 is 11.8 Å². The number of nitrogens with one attached hydrogen (secondary N) is 1. The van der Waals surface area contributed by atoms with Crippen molar-refractivity contribution in [3.63, 3.8) is 0 Å². The molecule has 0 radical (unpaired) electrons. The van der Waals surface area contributed by atoms with Crippen molar-refractivity contribution in [3.8, 4) is 0 Å². The predicted molar refractivity (Wildman–Crippen MR) is 70.9 cm³/mol. The van der Waals surface area contributed by atoms with Gasteiger partial charge in [0.25, 0.3) is 0 Å². The number of thioether (sulfide) groups is 1. The maximum atomic E-state index is 12.0. The van der Waals surface area contributed by atoms with Gasteiger partial charge in [0.15, 0.2) is 0 Å². The van der Waals surface area contributed by atoms with Crippen LogP contribution in [-0.4, -0.2) is 49.0 Å². The summed E-state index contributed by atoms with van der Waals surface area (Å²) in [4.78, 5) is 14.1. The first-order valence-corrected chi connectivity index (χ1v) is 7.62. The van der Waals surface area contributed by atoms with Crippen molar-refractivity contribution in [2.45, 2.75) is 38.1 Å². The highest BCUT2D eigenvalue weighted by atomic mass is 32.2. The Bertz CT molecular complexity index is 211. The minimum atomic E-state index is 0.360. The third kappa shape index (κ3) is 4.34. The zero-order valence-electron chi connectivity index (χ0n) is 10.5. The van der Waals surface area contributed by atoms with E-state index >= 15 is 0 Å². The Kier molecular flexibility index (Phi) is 6.88. The predicted octanol–water partition coefficient (Wildman–Crippen LogP) is 1.73. The van der Waals surface area contributed by atoms with Crippen LogP contribution in [0.2, 0.25) is 0 Å². The minimum Gasteiger partial charge on any atom is -0.338 e. The van der Waals surface area contributed by atoms with E-state index in [1.807, 2.05) is 18.8 Å². The van der Waals surface area contributed by atoms with Crippen molar-refractivity contribution in [2.75, 3.05) is 32.1 Å². The van der Waals surface area contributed by atoms with Gasteiger partial charge in [0, 0.05) is 25.6 Å². The summed E-state index contributed by atoms with van der Waals surface area (Å²) < 4.78 is 0. The van der Waals surface area contributed by atoms with Gasteiger partial charge in [-0.05, 0) is 44.7 Å². The van der Waals surface area contributed by atoms with Crippen LogP contribution in [0.1, 0.15) is 32.1 Å². The second-order valence-corrected chi connectivity index (χ2v) is 5.38. The molecular formula is C12H24N2OS. The van der Waals surface area contributed by atoms with Crippen molar-refractivity contribution < 1.29 is 4.79 Å². The van der Waals surface area contributed by atoms with E-state index in [0.29, 0.717) is 11.9 Å². The van der Waals surface area contributed by atoms with Crippen molar-refractivity contribution in [1.29, 1.82) is 0 Å². The molecule has 1 atom stereocenters. The number of hydrogen-bond donors (Lipinski definition) is 1. The van der Waals surface area contributed by atoms with Gasteiger partial charge in [0.2, 0.25) is 5.91 Å². The molecule has 0 aromatic rings. The molecule has 0 aromatic carbocycles. The fraction of sp³-hybridized carbons (Fsp3) is 0.917. The first-order valence-electron chi connectivity index (χ1n) is 6.22. The van der Waals surface area contributed by atoms with Crippen LogP contribution < -0.4 is 5.32 Å². The van der Waals surface area contributed by atoms with Crippen molar-refractivity contribution in [2.24, 2.45) is 0 Å². The number of likely N-dealkylation sites (N-methyl/N-ethyl adjacent to an activating group) is 1. The van der Waals surface area contributed by atoms with E-state index in [4.69, 9.17) is 0 Å². The highest BCUT2D eigenvalue weighted by Gasteiger charge is 2.27. The Hall–Kier alpha value is -0.220. The second kappa shape index (κ2) is 7.96. The summed E-state index contributed by atoms with van der Waals surface area (Å²) in [6, 6.07) is 0.443. The van der Waals surface area contributed by atoms with Gasteiger partial charge in [-0.15, -0.1) is 0 Å². The Morgan fingerprint density at radius 1 is 1.50 bits per heavy atom.